The third kappa shape index (κ3) is 3.51. The van der Waals surface area contributed by atoms with Crippen molar-refractivity contribution in [1.29, 1.82) is 0 Å². The van der Waals surface area contributed by atoms with Crippen molar-refractivity contribution in [3.63, 3.8) is 0 Å². The van der Waals surface area contributed by atoms with Crippen LogP contribution in [0.1, 0.15) is 56.1 Å². The molecule has 36 heavy (non-hydrogen) atoms. The molecule has 0 unspecified atom stereocenters. The van der Waals surface area contributed by atoms with E-state index in [1.165, 1.54) is 12.1 Å². The minimum absolute atomic E-state index is 0.0988. The molecule has 0 N–H and O–H groups in total. The average molecular weight is 508 g/mol. The van der Waals surface area contributed by atoms with E-state index in [0.29, 0.717) is 48.6 Å². The molecule has 0 saturated carbocycles. The molecule has 1 spiro atoms. The van der Waals surface area contributed by atoms with E-state index in [9.17, 15) is 14.0 Å². The first-order valence-electron chi connectivity index (χ1n) is 11.8. The highest BCUT2D eigenvalue weighted by Crippen LogP contribution is 2.44. The number of likely N-dealkylation sites (tertiary alicyclic amines) is 1. The lowest BCUT2D eigenvalue weighted by Gasteiger charge is -2.38. The van der Waals surface area contributed by atoms with Gasteiger partial charge in [-0.15, -0.1) is 0 Å². The van der Waals surface area contributed by atoms with E-state index in [-0.39, 0.29) is 11.5 Å². The second-order valence-corrected chi connectivity index (χ2v) is 9.94. The molecular weight excluding hydrogens is 485 g/mol. The van der Waals surface area contributed by atoms with Crippen molar-refractivity contribution < 1.29 is 23.2 Å². The Hall–Kier alpha value is -3.65. The van der Waals surface area contributed by atoms with Gasteiger partial charge >= 0.3 is 5.97 Å². The Morgan fingerprint density at radius 2 is 1.94 bits per heavy atom. The number of amides is 1. The lowest BCUT2D eigenvalue weighted by atomic mass is 9.83. The number of esters is 1. The fourth-order valence-electron chi connectivity index (χ4n) is 5.45. The fourth-order valence-corrected chi connectivity index (χ4v) is 5.61. The molecule has 6 rings (SSSR count). The number of ether oxygens (including phenoxy) is 1. The summed E-state index contributed by atoms with van der Waals surface area (Å²) >= 11 is 6.30. The van der Waals surface area contributed by atoms with Gasteiger partial charge in [-0.05, 0) is 38.1 Å². The molecule has 2 aliphatic rings. The molecular formula is C27H23ClFN3O4. The van der Waals surface area contributed by atoms with Gasteiger partial charge in [-0.2, -0.15) is 0 Å². The molecule has 2 aromatic carbocycles. The minimum atomic E-state index is -0.818. The van der Waals surface area contributed by atoms with Gasteiger partial charge in [0.2, 0.25) is 0 Å². The summed E-state index contributed by atoms with van der Waals surface area (Å²) in [7, 11) is 0. The summed E-state index contributed by atoms with van der Waals surface area (Å²) in [5, 5.41) is 5.43. The molecule has 9 heteroatoms. The number of hydrogen-bond acceptors (Lipinski definition) is 5. The summed E-state index contributed by atoms with van der Waals surface area (Å²) in [6.07, 6.45) is 2.76. The van der Waals surface area contributed by atoms with E-state index in [2.05, 4.69) is 5.16 Å². The van der Waals surface area contributed by atoms with Crippen LogP contribution in [0.25, 0.3) is 10.9 Å². The smallest absolute Gasteiger partial charge is 0.339 e. The first kappa shape index (κ1) is 22.8. The number of carbonyl (C=O) groups excluding carboxylic acids is 2. The molecule has 0 bridgehead atoms. The van der Waals surface area contributed by atoms with E-state index in [1.54, 1.807) is 17.0 Å². The van der Waals surface area contributed by atoms with Crippen molar-refractivity contribution in [1.82, 2.24) is 14.6 Å². The highest BCUT2D eigenvalue weighted by atomic mass is 35.5. The molecule has 7 nitrogen and oxygen atoms in total. The van der Waals surface area contributed by atoms with E-state index in [0.717, 1.165) is 27.9 Å². The maximum Gasteiger partial charge on any atom is 0.339 e. The van der Waals surface area contributed by atoms with Gasteiger partial charge in [0.1, 0.15) is 17.2 Å². The van der Waals surface area contributed by atoms with Crippen molar-refractivity contribution >= 4 is 34.4 Å². The van der Waals surface area contributed by atoms with Crippen molar-refractivity contribution in [3.05, 3.63) is 87.1 Å². The van der Waals surface area contributed by atoms with Gasteiger partial charge in [0.05, 0.1) is 28.9 Å². The van der Waals surface area contributed by atoms with Crippen molar-refractivity contribution in [2.24, 2.45) is 0 Å². The molecule has 4 aromatic rings. The van der Waals surface area contributed by atoms with Gasteiger partial charge in [-0.3, -0.25) is 4.79 Å². The van der Waals surface area contributed by atoms with Gasteiger partial charge in [-0.25, -0.2) is 9.18 Å². The predicted molar refractivity (Wildman–Crippen MR) is 131 cm³/mol. The van der Waals surface area contributed by atoms with Crippen LogP contribution in [0.5, 0.6) is 0 Å². The molecule has 2 aliphatic heterocycles. The first-order valence-corrected chi connectivity index (χ1v) is 12.2. The van der Waals surface area contributed by atoms with Gasteiger partial charge < -0.3 is 18.7 Å². The summed E-state index contributed by atoms with van der Waals surface area (Å²) in [4.78, 5) is 27.9. The number of fused-ring (bicyclic) bond motifs is 3. The summed E-state index contributed by atoms with van der Waals surface area (Å²) in [6.45, 7) is 5.08. The van der Waals surface area contributed by atoms with Crippen molar-refractivity contribution in [2.45, 2.75) is 38.8 Å². The summed E-state index contributed by atoms with van der Waals surface area (Å²) < 4.78 is 26.7. The normalized spacial score (nSPS) is 16.6. The van der Waals surface area contributed by atoms with E-state index < -0.39 is 17.4 Å². The molecule has 1 amide bonds. The second kappa shape index (κ2) is 8.20. The number of nitrogens with zero attached hydrogens (tertiary/aromatic N) is 3. The highest BCUT2D eigenvalue weighted by Gasteiger charge is 2.48. The number of aromatic nitrogens is 2. The highest BCUT2D eigenvalue weighted by molar-refractivity contribution is 6.31. The number of benzene rings is 2. The summed E-state index contributed by atoms with van der Waals surface area (Å²) in [5.74, 6) is -0.345. The SMILES string of the molecule is Cc1noc(C)c1Cn1cc(C(=O)N2CCC3(CC2)OC(=O)c2cc(F)ccc23)c2ccc(Cl)cc21. The van der Waals surface area contributed by atoms with Crippen LogP contribution in [0.3, 0.4) is 0 Å². The van der Waals surface area contributed by atoms with E-state index >= 15 is 0 Å². The zero-order valence-electron chi connectivity index (χ0n) is 19.8. The third-order valence-electron chi connectivity index (χ3n) is 7.42. The first-order chi connectivity index (χ1) is 17.3. The number of hydrogen-bond donors (Lipinski definition) is 0. The Morgan fingerprint density at radius 1 is 1.17 bits per heavy atom. The van der Waals surface area contributed by atoms with Crippen LogP contribution in [0.15, 0.2) is 47.1 Å². The van der Waals surface area contributed by atoms with Crippen molar-refractivity contribution in [3.8, 4) is 0 Å². The summed E-state index contributed by atoms with van der Waals surface area (Å²) in [6, 6.07) is 9.69. The van der Waals surface area contributed by atoms with Crippen LogP contribution in [-0.4, -0.2) is 39.6 Å². The van der Waals surface area contributed by atoms with Crippen molar-refractivity contribution in [2.75, 3.05) is 13.1 Å². The Labute approximate surface area is 211 Å². The molecule has 1 fully saturated rings. The molecule has 2 aromatic heterocycles. The Balaban J connectivity index is 1.29. The Kier molecular flexibility index (Phi) is 5.19. The number of aryl methyl sites for hydroxylation is 2. The number of rotatable bonds is 3. The second-order valence-electron chi connectivity index (χ2n) is 9.50. The van der Waals surface area contributed by atoms with Crippen LogP contribution in [0, 0.1) is 19.7 Å². The Morgan fingerprint density at radius 3 is 2.67 bits per heavy atom. The monoisotopic (exact) mass is 507 g/mol. The largest absolute Gasteiger partial charge is 0.450 e. The molecule has 0 radical (unpaired) electrons. The van der Waals surface area contributed by atoms with Gasteiger partial charge in [0, 0.05) is 53.7 Å². The number of carbonyl (C=O) groups is 2. The van der Waals surface area contributed by atoms with E-state index in [4.69, 9.17) is 20.9 Å². The minimum Gasteiger partial charge on any atom is -0.450 e. The number of piperidine rings is 1. The fraction of sp³-hybridized carbons (Fsp3) is 0.296. The van der Waals surface area contributed by atoms with Gasteiger partial charge in [-0.1, -0.05) is 28.9 Å². The molecule has 0 aliphatic carbocycles. The zero-order chi connectivity index (χ0) is 25.2. The lowest BCUT2D eigenvalue weighted by Crippen LogP contribution is -2.45. The van der Waals surface area contributed by atoms with Crippen LogP contribution in [0.4, 0.5) is 4.39 Å². The maximum atomic E-state index is 13.7. The van der Waals surface area contributed by atoms with Crippen LogP contribution in [-0.2, 0) is 16.9 Å². The zero-order valence-corrected chi connectivity index (χ0v) is 20.6. The molecule has 0 atom stereocenters. The van der Waals surface area contributed by atoms with Crippen LogP contribution < -0.4 is 0 Å². The topological polar surface area (TPSA) is 77.6 Å². The van der Waals surface area contributed by atoms with Gasteiger partial charge in [0.15, 0.2) is 0 Å². The molecule has 1 saturated heterocycles. The summed E-state index contributed by atoms with van der Waals surface area (Å²) in [5.41, 5.74) is 3.35. The predicted octanol–water partition coefficient (Wildman–Crippen LogP) is 5.39. The maximum absolute atomic E-state index is 13.7. The lowest BCUT2D eigenvalue weighted by molar-refractivity contribution is -0.0389. The standard InChI is InChI=1S/C27H23ClFN3O4/c1-15-21(16(2)36-30-15)13-32-14-22(19-5-3-17(28)11-24(19)32)25(33)31-9-7-27(8-10-31)23-6-4-18(29)12-20(23)26(34)35-27/h3-6,11-12,14H,7-10,13H2,1-2H3. The average Bonchev–Trinajstić information content (AvgIpc) is 3.46. The number of halogens is 2. The van der Waals surface area contributed by atoms with Crippen LogP contribution in [0.2, 0.25) is 5.02 Å². The molecule has 184 valence electrons. The quantitative estimate of drug-likeness (QED) is 0.347. The van der Waals surface area contributed by atoms with Gasteiger partial charge in [0.25, 0.3) is 5.91 Å². The van der Waals surface area contributed by atoms with Crippen LogP contribution >= 0.6 is 11.6 Å². The molecule has 4 heterocycles. The Bertz CT molecular complexity index is 1530. The third-order valence-corrected chi connectivity index (χ3v) is 7.66. The van der Waals surface area contributed by atoms with E-state index in [1.807, 2.05) is 36.7 Å².